The molecule has 0 spiro atoms. The minimum Gasteiger partial charge on any atom is -0.311 e. The third-order valence-electron chi connectivity index (χ3n) is 3.18. The number of aromatic nitrogens is 1. The van der Waals surface area contributed by atoms with Gasteiger partial charge in [-0.15, -0.1) is 0 Å². The molecular formula is C18H25N3O3S. The second kappa shape index (κ2) is 9.17. The van der Waals surface area contributed by atoms with E-state index in [1.165, 1.54) is 25.3 Å². The van der Waals surface area contributed by atoms with Crippen LogP contribution in [0.15, 0.2) is 47.5 Å². The summed E-state index contributed by atoms with van der Waals surface area (Å²) in [5.41, 5.74) is 1.40. The van der Waals surface area contributed by atoms with Gasteiger partial charge in [0.1, 0.15) is 5.82 Å². The van der Waals surface area contributed by atoms with Crippen LogP contribution in [0.5, 0.6) is 0 Å². The number of benzene rings is 1. The topological polar surface area (TPSA) is 88.2 Å². The van der Waals surface area contributed by atoms with Gasteiger partial charge < -0.3 is 5.32 Å². The fourth-order valence-corrected chi connectivity index (χ4v) is 3.00. The molecule has 1 aromatic heterocycles. The molecule has 1 heterocycles. The maximum absolute atomic E-state index is 12.3. The molecular weight excluding hydrogens is 338 g/mol. The van der Waals surface area contributed by atoms with E-state index in [1.807, 2.05) is 27.7 Å². The lowest BCUT2D eigenvalue weighted by molar-refractivity contribution is -0.114. The molecule has 136 valence electrons. The van der Waals surface area contributed by atoms with Crippen molar-refractivity contribution >= 4 is 27.4 Å². The molecule has 0 aliphatic carbocycles. The number of pyridine rings is 1. The SMILES string of the molecule is CC.CC(=O)Nc1ccc(NS(=O)(=O)c2ccc(C(C)C)cc2)cn1. The largest absolute Gasteiger partial charge is 0.311 e. The third kappa shape index (κ3) is 6.19. The minimum absolute atomic E-state index is 0.188. The van der Waals surface area contributed by atoms with Crippen LogP contribution in [-0.4, -0.2) is 19.3 Å². The van der Waals surface area contributed by atoms with Crippen molar-refractivity contribution in [2.24, 2.45) is 0 Å². The first kappa shape index (κ1) is 20.6. The Bertz CT molecular complexity index is 783. The molecule has 0 saturated heterocycles. The number of amides is 1. The van der Waals surface area contributed by atoms with Gasteiger partial charge in [-0.05, 0) is 35.7 Å². The molecule has 1 amide bonds. The number of hydrogen-bond donors (Lipinski definition) is 2. The standard InChI is InChI=1S/C16H19N3O3S.C2H6/c1-11(2)13-4-7-15(8-5-13)23(21,22)19-14-6-9-16(17-10-14)18-12(3)20;1-2/h4-11,19H,1-3H3,(H,17,18,20);1-2H3. The summed E-state index contributed by atoms with van der Waals surface area (Å²) in [7, 11) is -3.67. The number of nitrogens with one attached hydrogen (secondary N) is 2. The number of carbonyl (C=O) groups excluding carboxylic acids is 1. The Hall–Kier alpha value is -2.41. The van der Waals surface area contributed by atoms with E-state index in [2.05, 4.69) is 15.0 Å². The van der Waals surface area contributed by atoms with Crippen molar-refractivity contribution in [1.82, 2.24) is 4.98 Å². The van der Waals surface area contributed by atoms with Crippen molar-refractivity contribution in [3.05, 3.63) is 48.2 Å². The van der Waals surface area contributed by atoms with E-state index in [-0.39, 0.29) is 10.8 Å². The van der Waals surface area contributed by atoms with Crippen LogP contribution >= 0.6 is 0 Å². The predicted octanol–water partition coefficient (Wildman–Crippen LogP) is 3.99. The summed E-state index contributed by atoms with van der Waals surface area (Å²) >= 11 is 0. The van der Waals surface area contributed by atoms with Crippen LogP contribution in [0.4, 0.5) is 11.5 Å². The number of sulfonamides is 1. The molecule has 0 unspecified atom stereocenters. The molecule has 0 aliphatic heterocycles. The summed E-state index contributed by atoms with van der Waals surface area (Å²) in [4.78, 5) is 15.1. The van der Waals surface area contributed by atoms with Crippen molar-refractivity contribution < 1.29 is 13.2 Å². The van der Waals surface area contributed by atoms with Gasteiger partial charge in [-0.2, -0.15) is 0 Å². The molecule has 2 rings (SSSR count). The summed E-state index contributed by atoms with van der Waals surface area (Å²) < 4.78 is 27.1. The van der Waals surface area contributed by atoms with Gasteiger partial charge in [0.15, 0.2) is 0 Å². The van der Waals surface area contributed by atoms with E-state index in [0.29, 0.717) is 17.4 Å². The molecule has 0 bridgehead atoms. The molecule has 1 aromatic carbocycles. The zero-order valence-electron chi connectivity index (χ0n) is 15.2. The first-order valence-corrected chi connectivity index (χ1v) is 9.62. The third-order valence-corrected chi connectivity index (χ3v) is 4.57. The van der Waals surface area contributed by atoms with Gasteiger partial charge in [0.05, 0.1) is 16.8 Å². The van der Waals surface area contributed by atoms with Crippen molar-refractivity contribution in [3.8, 4) is 0 Å². The lowest BCUT2D eigenvalue weighted by Crippen LogP contribution is -2.13. The second-order valence-corrected chi connectivity index (χ2v) is 7.12. The molecule has 0 radical (unpaired) electrons. The molecule has 0 atom stereocenters. The van der Waals surface area contributed by atoms with E-state index in [9.17, 15) is 13.2 Å². The Kier molecular flexibility index (Phi) is 7.57. The maximum Gasteiger partial charge on any atom is 0.261 e. The van der Waals surface area contributed by atoms with E-state index < -0.39 is 10.0 Å². The number of anilines is 2. The van der Waals surface area contributed by atoms with Crippen molar-refractivity contribution in [3.63, 3.8) is 0 Å². The van der Waals surface area contributed by atoms with Gasteiger partial charge >= 0.3 is 0 Å². The van der Waals surface area contributed by atoms with Crippen LogP contribution in [0.1, 0.15) is 46.1 Å². The van der Waals surface area contributed by atoms with E-state index in [4.69, 9.17) is 0 Å². The lowest BCUT2D eigenvalue weighted by Gasteiger charge is -2.10. The first-order valence-electron chi connectivity index (χ1n) is 8.14. The monoisotopic (exact) mass is 363 g/mol. The van der Waals surface area contributed by atoms with Gasteiger partial charge in [0, 0.05) is 6.92 Å². The normalized spacial score (nSPS) is 10.6. The Morgan fingerprint density at radius 3 is 2.08 bits per heavy atom. The van der Waals surface area contributed by atoms with Gasteiger partial charge in [-0.1, -0.05) is 39.8 Å². The summed E-state index contributed by atoms with van der Waals surface area (Å²) in [5.74, 6) is 0.461. The molecule has 25 heavy (non-hydrogen) atoms. The van der Waals surface area contributed by atoms with Gasteiger partial charge in [0.25, 0.3) is 10.0 Å². The molecule has 7 heteroatoms. The van der Waals surface area contributed by atoms with Crippen molar-refractivity contribution in [2.75, 3.05) is 10.0 Å². The van der Waals surface area contributed by atoms with E-state index in [0.717, 1.165) is 5.56 Å². The van der Waals surface area contributed by atoms with E-state index >= 15 is 0 Å². The van der Waals surface area contributed by atoms with Crippen LogP contribution in [0.25, 0.3) is 0 Å². The summed E-state index contributed by atoms with van der Waals surface area (Å²) in [6.07, 6.45) is 1.35. The van der Waals surface area contributed by atoms with Gasteiger partial charge in [-0.3, -0.25) is 9.52 Å². The molecule has 6 nitrogen and oxygen atoms in total. The van der Waals surface area contributed by atoms with Crippen LogP contribution in [0.2, 0.25) is 0 Å². The molecule has 0 fully saturated rings. The zero-order chi connectivity index (χ0) is 19.0. The Labute approximate surface area is 149 Å². The van der Waals surface area contributed by atoms with Crippen molar-refractivity contribution in [2.45, 2.75) is 45.4 Å². The molecule has 0 saturated carbocycles. The number of nitrogens with zero attached hydrogens (tertiary/aromatic N) is 1. The van der Waals surface area contributed by atoms with Crippen LogP contribution in [0, 0.1) is 0 Å². The van der Waals surface area contributed by atoms with Crippen LogP contribution in [-0.2, 0) is 14.8 Å². The molecule has 0 aliphatic rings. The predicted molar refractivity (Wildman–Crippen MR) is 101 cm³/mol. The van der Waals surface area contributed by atoms with Crippen LogP contribution < -0.4 is 10.0 Å². The molecule has 2 aromatic rings. The highest BCUT2D eigenvalue weighted by Gasteiger charge is 2.14. The maximum atomic E-state index is 12.3. The zero-order valence-corrected chi connectivity index (χ0v) is 16.0. The highest BCUT2D eigenvalue weighted by molar-refractivity contribution is 7.92. The minimum atomic E-state index is -3.67. The quantitative estimate of drug-likeness (QED) is 0.841. The molecule has 2 N–H and O–H groups in total. The first-order chi connectivity index (χ1) is 11.8. The lowest BCUT2D eigenvalue weighted by atomic mass is 10.0. The highest BCUT2D eigenvalue weighted by atomic mass is 32.2. The van der Waals surface area contributed by atoms with Gasteiger partial charge in [0.2, 0.25) is 5.91 Å². The summed E-state index contributed by atoms with van der Waals surface area (Å²) in [6.45, 7) is 9.47. The smallest absolute Gasteiger partial charge is 0.261 e. The Morgan fingerprint density at radius 1 is 1.04 bits per heavy atom. The number of rotatable bonds is 5. The van der Waals surface area contributed by atoms with Gasteiger partial charge in [-0.25, -0.2) is 13.4 Å². The fourth-order valence-electron chi connectivity index (χ4n) is 1.95. The number of carbonyl (C=O) groups is 1. The summed E-state index contributed by atoms with van der Waals surface area (Å²) in [6, 6.07) is 9.84. The Morgan fingerprint density at radius 2 is 1.64 bits per heavy atom. The number of hydrogen-bond acceptors (Lipinski definition) is 4. The van der Waals surface area contributed by atoms with Crippen molar-refractivity contribution in [1.29, 1.82) is 0 Å². The Balaban J connectivity index is 0.00000151. The highest BCUT2D eigenvalue weighted by Crippen LogP contribution is 2.20. The average molecular weight is 363 g/mol. The summed E-state index contributed by atoms with van der Waals surface area (Å²) in [5, 5.41) is 2.52. The average Bonchev–Trinajstić information content (AvgIpc) is 2.58. The fraction of sp³-hybridized carbons (Fsp3) is 0.333. The van der Waals surface area contributed by atoms with E-state index in [1.54, 1.807) is 24.3 Å². The van der Waals surface area contributed by atoms with Crippen LogP contribution in [0.3, 0.4) is 0 Å². The second-order valence-electron chi connectivity index (χ2n) is 5.44.